The summed E-state index contributed by atoms with van der Waals surface area (Å²) in [5.74, 6) is 0. The van der Waals surface area contributed by atoms with Gasteiger partial charge in [0.15, 0.2) is 0 Å². The maximum absolute atomic E-state index is 3.18. The van der Waals surface area contributed by atoms with Crippen molar-refractivity contribution in [1.29, 1.82) is 0 Å². The summed E-state index contributed by atoms with van der Waals surface area (Å²) < 4.78 is 3.18. The monoisotopic (exact) mass is 2840 g/mol. The van der Waals surface area contributed by atoms with Crippen LogP contribution in [0.2, 0.25) is 0 Å². The molecule has 0 saturated carbocycles. The van der Waals surface area contributed by atoms with Gasteiger partial charge in [-0.1, -0.05) is 0 Å². The van der Waals surface area contributed by atoms with Gasteiger partial charge < -0.3 is 0 Å². The summed E-state index contributed by atoms with van der Waals surface area (Å²) in [5, 5.41) is 0. The molecule has 0 bridgehead atoms. The van der Waals surface area contributed by atoms with Crippen molar-refractivity contribution >= 4 is 4.52 Å². The van der Waals surface area contributed by atoms with Crippen molar-refractivity contribution in [1.82, 2.24) is 4.90 Å². The molecule has 0 aromatic carbocycles. The van der Waals surface area contributed by atoms with Crippen LogP contribution in [-0.2, 0) is 314 Å². The average molecular weight is 2840 g/mol. The molecule has 1 rings (SSSR count). The first-order chi connectivity index (χ1) is 3.43. The van der Waals surface area contributed by atoms with Crippen molar-refractivity contribution in [2.45, 2.75) is 12.8 Å². The third kappa shape index (κ3) is 65.1. The first-order valence-corrected chi connectivity index (χ1v) is 4.03. The van der Waals surface area contributed by atoms with Gasteiger partial charge in [0.05, 0.1) is 0 Å². The van der Waals surface area contributed by atoms with E-state index < -0.39 is 0 Å². The minimum absolute atomic E-state index is 0. The molecule has 0 aromatic rings. The Kier molecular flexibility index (Phi) is 356. The topological polar surface area (TPSA) is 3.24 Å². The van der Waals surface area contributed by atoms with E-state index in [0.29, 0.717) is 0 Å². The number of nitrogens with zero attached hydrogens (tertiary/aromatic N) is 1. The van der Waals surface area contributed by atoms with Crippen LogP contribution in [0.1, 0.15) is 12.8 Å². The second-order valence-corrected chi connectivity index (χ2v) is 2.44. The molecule has 1 aliphatic heterocycles. The molecule has 124 valence electrons. The number of hydrogen-bond donors (Lipinski definition) is 0. The van der Waals surface area contributed by atoms with Gasteiger partial charge in [-0.25, -0.2) is 0 Å². The van der Waals surface area contributed by atoms with Gasteiger partial charge in [-0.2, -0.15) is 0 Å². The van der Waals surface area contributed by atoms with E-state index in [2.05, 4.69) is 9.42 Å². The van der Waals surface area contributed by atoms with Crippen molar-refractivity contribution in [3.63, 3.8) is 0 Å². The number of likely N-dealkylation sites (tertiary alicyclic amines) is 1. The van der Waals surface area contributed by atoms with E-state index >= 15 is 0 Å². The Balaban J connectivity index is -0.00000000292. The molecule has 16 heteroatoms. The van der Waals surface area contributed by atoms with Crippen LogP contribution in [-0.4, -0.2) is 22.5 Å². The second kappa shape index (κ2) is 77.8. The van der Waals surface area contributed by atoms with Gasteiger partial charge in [0.25, 0.3) is 0 Å². The molecule has 0 atom stereocenters. The summed E-state index contributed by atoms with van der Waals surface area (Å²) in [6, 6.07) is 0. The maximum atomic E-state index is 3.18. The van der Waals surface area contributed by atoms with Gasteiger partial charge in [-0.15, -0.1) is 0 Å². The Morgan fingerprint density at radius 1 is 0.476 bits per heavy atom. The molecule has 0 N–H and O–H groups in total. The second-order valence-electron chi connectivity index (χ2n) is 1.79. The quantitative estimate of drug-likeness (QED) is 0.341. The molecule has 1 aliphatic rings. The van der Waals surface area contributed by atoms with Crippen molar-refractivity contribution in [2.75, 3.05) is 13.1 Å². The van der Waals surface area contributed by atoms with E-state index in [1.807, 2.05) is 0 Å². The molecule has 0 radical (unpaired) electrons. The van der Waals surface area contributed by atoms with Crippen molar-refractivity contribution in [2.24, 2.45) is 0 Å². The first kappa shape index (κ1) is 96.3. The van der Waals surface area contributed by atoms with Crippen LogP contribution in [0.25, 0.3) is 0 Å². The molecule has 1 saturated heterocycles. The van der Waals surface area contributed by atoms with Crippen molar-refractivity contribution in [3.8, 4) is 0 Å². The Morgan fingerprint density at radius 2 is 0.667 bits per heavy atom. The average Bonchev–Trinajstić information content (AvgIpc) is 2.14. The molecule has 1 nitrogen and oxygen atoms in total. The fraction of sp³-hybridized carbons (Fsp3) is 0.800. The normalized spacial score (nSPS) is 7.62. The predicted molar refractivity (Wildman–Crippen MR) is 25.8 cm³/mol. The molecular weight excluding hydrogens is 2830 g/mol. The predicted octanol–water partition coefficient (Wildman–Crippen LogP) is 0.231. The van der Waals surface area contributed by atoms with Gasteiger partial charge in [0.1, 0.15) is 0 Å². The van der Waals surface area contributed by atoms with Gasteiger partial charge in [-0.3, -0.25) is 0 Å². The summed E-state index contributed by atoms with van der Waals surface area (Å²) in [5.41, 5.74) is 0. The molecule has 1 fully saturated rings. The van der Waals surface area contributed by atoms with E-state index in [4.69, 9.17) is 0 Å². The van der Waals surface area contributed by atoms with Gasteiger partial charge in [-0.05, 0) is 0 Å². The van der Waals surface area contributed by atoms with Gasteiger partial charge >= 0.3 is 54.7 Å². The summed E-state index contributed by atoms with van der Waals surface area (Å²) in [6.45, 7) is 2.51. The molecule has 21 heavy (non-hydrogen) atoms. The van der Waals surface area contributed by atoms with Crippen LogP contribution in [0.5, 0.6) is 0 Å². The molecule has 0 amide bonds. The summed E-state index contributed by atoms with van der Waals surface area (Å²) in [6.07, 6.45) is 2.75. The third-order valence-corrected chi connectivity index (χ3v) is 2.16. The first-order valence-electron chi connectivity index (χ1n) is 2.56. The molecule has 0 aliphatic carbocycles. The zero-order valence-corrected chi connectivity index (χ0v) is 53.9. The minimum atomic E-state index is 0. The van der Waals surface area contributed by atoms with Crippen LogP contribution >= 0.6 is 0 Å². The van der Waals surface area contributed by atoms with Crippen LogP contribution < -0.4 is 0 Å². The Hall–Kier alpha value is 10.2. The van der Waals surface area contributed by atoms with Crippen LogP contribution in [0.3, 0.4) is 0 Å². The van der Waals surface area contributed by atoms with E-state index in [0.717, 1.165) is 0 Å². The van der Waals surface area contributed by atoms with Crippen LogP contribution in [0, 0.1) is 0 Å². The number of hydrogen-bond acceptors (Lipinski definition) is 1. The SMILES string of the molecule is [W].[W].[W].[W].[W].[W].[W].[W].[W].[W].[W].[W].[W].[W].[W]=[C-]N1CCCC1. The van der Waals surface area contributed by atoms with Crippen LogP contribution in [0.4, 0.5) is 0 Å². The fourth-order valence-corrected chi connectivity index (χ4v) is 1.46. The Morgan fingerprint density at radius 3 is 0.762 bits per heavy atom. The Bertz CT molecular complexity index is 80.5. The summed E-state index contributed by atoms with van der Waals surface area (Å²) in [4.78, 5) is 2.27. The molecule has 1 heterocycles. The van der Waals surface area contributed by atoms with E-state index in [1.54, 1.807) is 0 Å². The third-order valence-electron chi connectivity index (χ3n) is 1.24. The van der Waals surface area contributed by atoms with Gasteiger partial charge in [0, 0.05) is 295 Å². The van der Waals surface area contributed by atoms with Crippen molar-refractivity contribution < 1.29 is 314 Å². The molecule has 0 unspecified atom stereocenters. The molecule has 0 spiro atoms. The number of rotatable bonds is 1. The van der Waals surface area contributed by atoms with E-state index in [-0.39, 0.29) is 295 Å². The Labute approximate surface area is 341 Å². The van der Waals surface area contributed by atoms with E-state index in [1.165, 1.54) is 45.3 Å². The molecular formula is C5H8NW15-. The van der Waals surface area contributed by atoms with E-state index in [9.17, 15) is 0 Å². The van der Waals surface area contributed by atoms with Gasteiger partial charge in [0.2, 0.25) is 0 Å². The molecule has 0 aromatic heterocycles. The summed E-state index contributed by atoms with van der Waals surface area (Å²) in [7, 11) is 0. The van der Waals surface area contributed by atoms with Crippen LogP contribution in [0.15, 0.2) is 0 Å². The zero-order valence-electron chi connectivity index (χ0n) is 9.90. The zero-order chi connectivity index (χ0) is 5.11. The fourth-order valence-electron chi connectivity index (χ4n) is 0.808. The standard InChI is InChI=1S/C5H8N.15W/c1-6-4-2-3-5-6;;;;;;;;;;;;;;;/h2-5H2;;;;;;;;;;;;;;;/q-1;;;;;;;;;;;;;;;. The summed E-state index contributed by atoms with van der Waals surface area (Å²) >= 11 is 1.46. The van der Waals surface area contributed by atoms with Crippen molar-refractivity contribution in [3.05, 3.63) is 0 Å².